The lowest BCUT2D eigenvalue weighted by molar-refractivity contribution is -0.136. The summed E-state index contributed by atoms with van der Waals surface area (Å²) in [6.45, 7) is 7.82. The van der Waals surface area contributed by atoms with Gasteiger partial charge in [-0.05, 0) is 109 Å². The van der Waals surface area contributed by atoms with Gasteiger partial charge in [-0.1, -0.05) is 6.07 Å². The van der Waals surface area contributed by atoms with Crippen LogP contribution < -0.4 is 26.2 Å². The van der Waals surface area contributed by atoms with E-state index in [1.165, 1.54) is 7.11 Å². The maximum atomic E-state index is 14.6. The van der Waals surface area contributed by atoms with Crippen LogP contribution in [-0.2, 0) is 14.3 Å². The average molecular weight is 906 g/mol. The molecule has 5 aliphatic rings. The van der Waals surface area contributed by atoms with Crippen molar-refractivity contribution in [3.05, 3.63) is 65.6 Å². The number of anilines is 4. The minimum absolute atomic E-state index is 0.0850. The van der Waals surface area contributed by atoms with Gasteiger partial charge in [0.05, 0.1) is 34.9 Å². The Labute approximate surface area is 383 Å². The SMILES string of the molecule is CO[C@@H]1CCN(c2nccc(Nc3cc4c(cn3)c(C(=O)NC3CCN(CCC[C@H]5CC[C@H](Nc6cccc7c6C(=O)N(C6CCC(=O)NC6=O)C7=O)CC5)CC3)cn4C(C)C)n2)C[C@@H]1F. The summed E-state index contributed by atoms with van der Waals surface area (Å²) in [6.07, 6.45) is 12.7. The quantitative estimate of drug-likeness (QED) is 0.112. The molecular formula is C48H60FN11O6. The molecule has 3 saturated heterocycles. The molecule has 4 fully saturated rings. The van der Waals surface area contributed by atoms with E-state index in [1.807, 2.05) is 23.2 Å². The number of carbonyl (C=O) groups excluding carboxylic acids is 5. The number of methoxy groups -OCH3 is 1. The van der Waals surface area contributed by atoms with Crippen molar-refractivity contribution in [1.29, 1.82) is 0 Å². The minimum atomic E-state index is -1.12. The van der Waals surface area contributed by atoms with Crippen LogP contribution in [0.1, 0.15) is 122 Å². The standard InChI is InChI=1S/C48H60FN11O6/c1-28(2)59-26-34(33-25-51-41(24-38(33)59)54-40-15-19-50-48(55-40)58-23-18-39(66-3)35(49)27-58)44(62)53-31-16-21-57(22-17-31)20-5-6-29-9-11-30(12-10-29)52-36-8-4-7-32-43(36)47(65)60(46(32)64)37-13-14-42(61)56-45(37)63/h4,7-8,15,19,24-26,28-31,35,37,39,52H,5-6,9-14,16-18,20-23,27H2,1-3H3,(H,53,62)(H,56,61,63)(H,50,51,54,55)/t29-,30-,35-,37?,39+/m0/s1. The number of imide groups is 2. The third-order valence-corrected chi connectivity index (χ3v) is 14.2. The molecule has 4 N–H and O–H groups in total. The average Bonchev–Trinajstić information content (AvgIpc) is 3.82. The first-order valence-electron chi connectivity index (χ1n) is 23.6. The van der Waals surface area contributed by atoms with Gasteiger partial charge in [-0.3, -0.25) is 34.2 Å². The number of hydrogen-bond donors (Lipinski definition) is 4. The fourth-order valence-corrected chi connectivity index (χ4v) is 10.5. The van der Waals surface area contributed by atoms with Gasteiger partial charge in [-0.15, -0.1) is 0 Å². The van der Waals surface area contributed by atoms with E-state index in [4.69, 9.17) is 4.74 Å². The highest BCUT2D eigenvalue weighted by Gasteiger charge is 2.46. The molecule has 7 heterocycles. The molecule has 1 aromatic carbocycles. The van der Waals surface area contributed by atoms with Gasteiger partial charge in [-0.2, -0.15) is 4.98 Å². The summed E-state index contributed by atoms with van der Waals surface area (Å²) < 4.78 is 22.0. The maximum Gasteiger partial charge on any atom is 0.264 e. The third kappa shape index (κ3) is 9.47. The number of hydrogen-bond acceptors (Lipinski definition) is 13. The molecule has 3 atom stereocenters. The van der Waals surface area contributed by atoms with Crippen LogP contribution in [0.5, 0.6) is 0 Å². The van der Waals surface area contributed by atoms with E-state index in [9.17, 15) is 28.4 Å². The first-order chi connectivity index (χ1) is 31.9. The van der Waals surface area contributed by atoms with Crippen molar-refractivity contribution < 1.29 is 33.1 Å². The van der Waals surface area contributed by atoms with Gasteiger partial charge >= 0.3 is 0 Å². The van der Waals surface area contributed by atoms with Gasteiger partial charge in [0.1, 0.15) is 23.8 Å². The molecule has 0 bridgehead atoms. The number of nitrogens with one attached hydrogen (secondary N) is 4. The molecule has 3 aromatic heterocycles. The van der Waals surface area contributed by atoms with E-state index in [0.29, 0.717) is 53.3 Å². The fraction of sp³-hybridized carbons (Fsp3) is 0.542. The van der Waals surface area contributed by atoms with Crippen molar-refractivity contribution in [2.24, 2.45) is 5.92 Å². The fourth-order valence-electron chi connectivity index (χ4n) is 10.5. The second-order valence-corrected chi connectivity index (χ2v) is 18.8. The molecule has 4 aromatic rings. The van der Waals surface area contributed by atoms with Gasteiger partial charge < -0.3 is 35.1 Å². The number of fused-ring (bicyclic) bond motifs is 2. The number of amides is 5. The zero-order chi connectivity index (χ0) is 46.1. The Kier molecular flexibility index (Phi) is 13.3. The van der Waals surface area contributed by atoms with E-state index < -0.39 is 41.9 Å². The van der Waals surface area contributed by atoms with Crippen LogP contribution in [0.2, 0.25) is 0 Å². The van der Waals surface area contributed by atoms with Crippen molar-refractivity contribution in [2.45, 2.75) is 121 Å². The number of benzene rings is 1. The van der Waals surface area contributed by atoms with Crippen LogP contribution >= 0.6 is 0 Å². The molecule has 0 radical (unpaired) electrons. The third-order valence-electron chi connectivity index (χ3n) is 14.2. The molecule has 9 rings (SSSR count). The molecule has 1 saturated carbocycles. The van der Waals surface area contributed by atoms with Gasteiger partial charge in [0.25, 0.3) is 17.7 Å². The summed E-state index contributed by atoms with van der Waals surface area (Å²) in [6, 6.07) is 8.27. The van der Waals surface area contributed by atoms with E-state index in [-0.39, 0.29) is 49.0 Å². The smallest absolute Gasteiger partial charge is 0.264 e. The van der Waals surface area contributed by atoms with E-state index in [0.717, 1.165) is 86.8 Å². The van der Waals surface area contributed by atoms with Crippen molar-refractivity contribution in [2.75, 3.05) is 55.4 Å². The Hall–Kier alpha value is -6.01. The molecule has 17 nitrogen and oxygen atoms in total. The number of aromatic nitrogens is 4. The minimum Gasteiger partial charge on any atom is -0.382 e. The number of ether oxygens (including phenoxy) is 1. The Morgan fingerprint density at radius 1 is 0.939 bits per heavy atom. The van der Waals surface area contributed by atoms with Gasteiger partial charge in [0, 0.05) is 87.0 Å². The summed E-state index contributed by atoms with van der Waals surface area (Å²) in [5, 5.41) is 13.2. The first-order valence-corrected chi connectivity index (χ1v) is 23.6. The Bertz CT molecular complexity index is 2480. The molecule has 66 heavy (non-hydrogen) atoms. The van der Waals surface area contributed by atoms with E-state index >= 15 is 0 Å². The molecule has 5 amide bonds. The number of halogens is 1. The maximum absolute atomic E-state index is 14.6. The molecule has 1 unspecified atom stereocenters. The van der Waals surface area contributed by atoms with Crippen LogP contribution in [-0.4, -0.2) is 129 Å². The van der Waals surface area contributed by atoms with Crippen LogP contribution in [0.4, 0.5) is 27.7 Å². The summed E-state index contributed by atoms with van der Waals surface area (Å²) in [4.78, 5) is 83.9. The predicted octanol–water partition coefficient (Wildman–Crippen LogP) is 5.76. The predicted molar refractivity (Wildman–Crippen MR) is 247 cm³/mol. The number of piperidine rings is 3. The zero-order valence-electron chi connectivity index (χ0n) is 37.9. The second-order valence-electron chi connectivity index (χ2n) is 18.8. The summed E-state index contributed by atoms with van der Waals surface area (Å²) in [5.41, 5.74) is 2.70. The molecule has 4 aliphatic heterocycles. The topological polar surface area (TPSA) is 196 Å². The van der Waals surface area contributed by atoms with Crippen molar-refractivity contribution >= 4 is 63.7 Å². The summed E-state index contributed by atoms with van der Waals surface area (Å²) in [5.74, 6) is 0.0931. The number of rotatable bonds is 14. The molecule has 0 spiro atoms. The van der Waals surface area contributed by atoms with E-state index in [1.54, 1.807) is 30.6 Å². The molecule has 350 valence electrons. The van der Waals surface area contributed by atoms with Crippen molar-refractivity contribution in [3.63, 3.8) is 0 Å². The van der Waals surface area contributed by atoms with Crippen LogP contribution in [0.15, 0.2) is 48.9 Å². The zero-order valence-corrected chi connectivity index (χ0v) is 37.9. The molecular weight excluding hydrogens is 846 g/mol. The Morgan fingerprint density at radius 3 is 2.48 bits per heavy atom. The lowest BCUT2D eigenvalue weighted by Crippen LogP contribution is -2.54. The lowest BCUT2D eigenvalue weighted by atomic mass is 9.83. The number of nitrogens with zero attached hydrogens (tertiary/aromatic N) is 7. The highest BCUT2D eigenvalue weighted by molar-refractivity contribution is 6.25. The number of likely N-dealkylation sites (tertiary alicyclic amines) is 1. The second kappa shape index (κ2) is 19.5. The number of pyridine rings is 1. The summed E-state index contributed by atoms with van der Waals surface area (Å²) in [7, 11) is 1.53. The van der Waals surface area contributed by atoms with Crippen LogP contribution in [0, 0.1) is 5.92 Å². The van der Waals surface area contributed by atoms with Gasteiger partial charge in [-0.25, -0.2) is 14.4 Å². The Balaban J connectivity index is 0.720. The van der Waals surface area contributed by atoms with Crippen molar-refractivity contribution in [1.82, 2.24) is 40.0 Å². The largest absolute Gasteiger partial charge is 0.382 e. The van der Waals surface area contributed by atoms with E-state index in [2.05, 4.69) is 59.5 Å². The monoisotopic (exact) mass is 905 g/mol. The van der Waals surface area contributed by atoms with Gasteiger partial charge in [0.15, 0.2) is 0 Å². The van der Waals surface area contributed by atoms with Crippen molar-refractivity contribution in [3.8, 4) is 0 Å². The summed E-state index contributed by atoms with van der Waals surface area (Å²) >= 11 is 0. The Morgan fingerprint density at radius 2 is 1.74 bits per heavy atom. The normalized spacial score (nSPS) is 24.2. The highest BCUT2D eigenvalue weighted by atomic mass is 19.1. The highest BCUT2D eigenvalue weighted by Crippen LogP contribution is 2.36. The van der Waals surface area contributed by atoms with Crippen LogP contribution in [0.3, 0.4) is 0 Å². The molecule has 1 aliphatic carbocycles. The van der Waals surface area contributed by atoms with Crippen LogP contribution in [0.25, 0.3) is 10.9 Å². The number of alkyl halides is 1. The first kappa shape index (κ1) is 45.2. The van der Waals surface area contributed by atoms with Gasteiger partial charge in [0.2, 0.25) is 17.8 Å². The molecule has 18 heteroatoms. The number of carbonyl (C=O) groups is 5. The lowest BCUT2D eigenvalue weighted by Gasteiger charge is -2.33.